The molecule has 0 radical (unpaired) electrons. The first kappa shape index (κ1) is 25.2. The highest BCUT2D eigenvalue weighted by atomic mass is 16.3. The van der Waals surface area contributed by atoms with Crippen molar-refractivity contribution in [2.75, 3.05) is 14.1 Å². The number of hydrogen-bond acceptors (Lipinski definition) is 9. The molecule has 4 atom stereocenters. The van der Waals surface area contributed by atoms with Crippen LogP contribution in [-0.2, 0) is 20.8 Å². The summed E-state index contributed by atoms with van der Waals surface area (Å²) in [6.07, 6.45) is 3.39. The van der Waals surface area contributed by atoms with Crippen molar-refractivity contribution in [1.82, 2.24) is 9.88 Å². The summed E-state index contributed by atoms with van der Waals surface area (Å²) in [6.45, 7) is 0. The topological polar surface area (TPSA) is 174 Å². The van der Waals surface area contributed by atoms with Gasteiger partial charge < -0.3 is 26.2 Å². The van der Waals surface area contributed by atoms with Gasteiger partial charge in [-0.2, -0.15) is 0 Å². The summed E-state index contributed by atoms with van der Waals surface area (Å²) in [5.74, 6) is -0.856. The molecule has 1 heterocycles. The van der Waals surface area contributed by atoms with Gasteiger partial charge in [-0.15, -0.1) is 0 Å². The predicted octanol–water partition coefficient (Wildman–Crippen LogP) is 0.759. The van der Waals surface area contributed by atoms with Crippen LogP contribution in [0.4, 0.5) is 0 Å². The van der Waals surface area contributed by atoms with Crippen molar-refractivity contribution in [2.45, 2.75) is 24.5 Å². The molecule has 0 aliphatic heterocycles. The van der Waals surface area contributed by atoms with E-state index >= 15 is 0 Å². The number of Topliss-reactive ketones (excluding diaryl/α,β-unsaturated/α-hetero) is 2. The zero-order chi connectivity index (χ0) is 27.5. The summed E-state index contributed by atoms with van der Waals surface area (Å²) in [5, 5.41) is 44.4. The Balaban J connectivity index is 1.69. The van der Waals surface area contributed by atoms with E-state index in [1.54, 1.807) is 44.7 Å². The quantitative estimate of drug-likeness (QED) is 0.286. The molecule has 1 saturated carbocycles. The van der Waals surface area contributed by atoms with Crippen molar-refractivity contribution < 1.29 is 34.8 Å². The number of aromatic nitrogens is 1. The van der Waals surface area contributed by atoms with Gasteiger partial charge in [0.25, 0.3) is 5.91 Å². The van der Waals surface area contributed by atoms with Crippen LogP contribution in [0.5, 0.6) is 5.75 Å². The number of likely N-dealkylation sites (N-methyl/N-ethyl adjacent to an activating group) is 1. The van der Waals surface area contributed by atoms with Crippen LogP contribution in [0.25, 0.3) is 5.76 Å². The molecule has 1 aromatic carbocycles. The molecule has 1 fully saturated rings. The number of aliphatic hydroxyl groups is 3. The lowest BCUT2D eigenvalue weighted by Gasteiger charge is -2.50. The molecule has 1 amide bonds. The highest BCUT2D eigenvalue weighted by molar-refractivity contribution is 6.24. The van der Waals surface area contributed by atoms with Crippen LogP contribution in [0, 0.1) is 23.7 Å². The fourth-order valence-corrected chi connectivity index (χ4v) is 5.94. The Bertz CT molecular complexity index is 1530. The number of carbonyl (C=O) groups is 3. The molecule has 2 aromatic rings. The van der Waals surface area contributed by atoms with Crippen LogP contribution < -0.4 is 5.73 Å². The summed E-state index contributed by atoms with van der Waals surface area (Å²) < 4.78 is 0. The number of nitrogens with two attached hydrogens (primary N) is 1. The maximum absolute atomic E-state index is 13.8. The number of fused-ring (bicyclic) bond motifs is 3. The number of rotatable bonds is 2. The molecule has 10 nitrogen and oxygen atoms in total. The lowest BCUT2D eigenvalue weighted by molar-refractivity contribution is -0.153. The SMILES string of the molecule is CN(C)[C@H]1C(=O)C(C(N)=O)=C(O)[C@]2(O)C(=O)C3=C(O)c4c(O)ccc(C#Cc5cccnc5)c4C[C@@H]3C[C@H]12. The van der Waals surface area contributed by atoms with Crippen molar-refractivity contribution >= 4 is 23.2 Å². The van der Waals surface area contributed by atoms with Gasteiger partial charge in [0.1, 0.15) is 22.8 Å². The lowest BCUT2D eigenvalue weighted by Crippen LogP contribution is -2.65. The second-order valence-electron chi connectivity index (χ2n) is 9.94. The molecule has 3 aliphatic rings. The van der Waals surface area contributed by atoms with E-state index in [9.17, 15) is 34.8 Å². The van der Waals surface area contributed by atoms with Gasteiger partial charge in [0.15, 0.2) is 11.4 Å². The van der Waals surface area contributed by atoms with Gasteiger partial charge in [0, 0.05) is 35.0 Å². The molecule has 0 bridgehead atoms. The first-order valence-electron chi connectivity index (χ1n) is 11.9. The standard InChI is InChI=1S/C28H25N3O7/c1-31(2)22-17-11-15-10-16-14(6-5-13-4-3-9-30-12-13)7-8-18(32)20(16)23(33)19(15)25(35)28(17,38)26(36)21(24(22)34)27(29)37/h3-4,7-9,12,15,17,22,32-33,36,38H,10-11H2,1-2H3,(H2,29,37)/t15-,17-,22-,28-/m1/s1. The third kappa shape index (κ3) is 3.51. The molecule has 38 heavy (non-hydrogen) atoms. The van der Waals surface area contributed by atoms with E-state index in [0.29, 0.717) is 16.7 Å². The van der Waals surface area contributed by atoms with E-state index in [4.69, 9.17) is 5.73 Å². The summed E-state index contributed by atoms with van der Waals surface area (Å²) >= 11 is 0. The number of hydrogen-bond donors (Lipinski definition) is 5. The molecular formula is C28H25N3O7. The van der Waals surface area contributed by atoms with Crippen molar-refractivity contribution in [3.63, 3.8) is 0 Å². The minimum Gasteiger partial charge on any atom is -0.508 e. The molecule has 3 aliphatic carbocycles. The molecule has 1 aromatic heterocycles. The van der Waals surface area contributed by atoms with Crippen molar-refractivity contribution in [2.24, 2.45) is 17.6 Å². The fourth-order valence-electron chi connectivity index (χ4n) is 5.94. The Kier molecular flexibility index (Phi) is 5.86. The number of phenolic OH excluding ortho intramolecular Hbond substituents is 1. The molecule has 10 heteroatoms. The van der Waals surface area contributed by atoms with Gasteiger partial charge >= 0.3 is 0 Å². The van der Waals surface area contributed by atoms with E-state index < -0.39 is 58.0 Å². The average molecular weight is 516 g/mol. The van der Waals surface area contributed by atoms with Crippen LogP contribution in [0.15, 0.2) is 53.6 Å². The number of benzene rings is 1. The molecular weight excluding hydrogens is 490 g/mol. The maximum atomic E-state index is 13.8. The molecule has 194 valence electrons. The fraction of sp³-hybridized carbons (Fsp3) is 0.286. The van der Waals surface area contributed by atoms with Gasteiger partial charge in [-0.05, 0) is 62.7 Å². The third-order valence-corrected chi connectivity index (χ3v) is 7.61. The molecule has 0 unspecified atom stereocenters. The highest BCUT2D eigenvalue weighted by Crippen LogP contribution is 2.52. The van der Waals surface area contributed by atoms with Crippen LogP contribution >= 0.6 is 0 Å². The molecule has 5 rings (SSSR count). The Morgan fingerprint density at radius 1 is 1.16 bits per heavy atom. The van der Waals surface area contributed by atoms with Gasteiger partial charge in [-0.25, -0.2) is 0 Å². The van der Waals surface area contributed by atoms with E-state index in [-0.39, 0.29) is 29.7 Å². The lowest BCUT2D eigenvalue weighted by atomic mass is 9.57. The van der Waals surface area contributed by atoms with E-state index in [0.717, 1.165) is 0 Å². The van der Waals surface area contributed by atoms with Gasteiger partial charge in [0.2, 0.25) is 5.78 Å². The summed E-state index contributed by atoms with van der Waals surface area (Å²) in [7, 11) is 3.11. The summed E-state index contributed by atoms with van der Waals surface area (Å²) in [4.78, 5) is 44.5. The summed E-state index contributed by atoms with van der Waals surface area (Å²) in [5.41, 5.74) is 3.30. The number of aliphatic hydroxyl groups excluding tert-OH is 2. The Morgan fingerprint density at radius 3 is 2.53 bits per heavy atom. The number of primary amides is 1. The van der Waals surface area contributed by atoms with Crippen molar-refractivity contribution in [1.29, 1.82) is 0 Å². The van der Waals surface area contributed by atoms with Crippen LogP contribution in [0.2, 0.25) is 0 Å². The van der Waals surface area contributed by atoms with Crippen molar-refractivity contribution in [3.05, 3.63) is 75.8 Å². The van der Waals surface area contributed by atoms with Gasteiger partial charge in [-0.1, -0.05) is 11.8 Å². The number of phenols is 1. The largest absolute Gasteiger partial charge is 0.508 e. The zero-order valence-electron chi connectivity index (χ0n) is 20.6. The van der Waals surface area contributed by atoms with E-state index in [1.165, 1.54) is 11.0 Å². The van der Waals surface area contributed by atoms with Crippen LogP contribution in [0.1, 0.15) is 28.7 Å². The van der Waals surface area contributed by atoms with Crippen molar-refractivity contribution in [3.8, 4) is 17.6 Å². The number of aromatic hydroxyl groups is 1. The highest BCUT2D eigenvalue weighted by Gasteiger charge is 2.64. The Labute approximate surface area is 217 Å². The summed E-state index contributed by atoms with van der Waals surface area (Å²) in [6, 6.07) is 5.34. The van der Waals surface area contributed by atoms with E-state index in [2.05, 4.69) is 16.8 Å². The average Bonchev–Trinajstić information content (AvgIpc) is 2.86. The monoisotopic (exact) mass is 515 g/mol. The second-order valence-corrected chi connectivity index (χ2v) is 9.94. The Hall–Kier alpha value is -4.46. The normalized spacial score (nSPS) is 26.4. The number of nitrogens with zero attached hydrogens (tertiary/aromatic N) is 2. The number of pyridine rings is 1. The van der Waals surface area contributed by atoms with E-state index in [1.807, 2.05) is 0 Å². The number of ketones is 2. The third-order valence-electron chi connectivity index (χ3n) is 7.61. The Morgan fingerprint density at radius 2 is 1.89 bits per heavy atom. The maximum Gasteiger partial charge on any atom is 0.255 e. The minimum absolute atomic E-state index is 0.000670. The minimum atomic E-state index is -2.67. The van der Waals surface area contributed by atoms with Crippen LogP contribution in [0.3, 0.4) is 0 Å². The molecule has 0 saturated heterocycles. The zero-order valence-corrected chi connectivity index (χ0v) is 20.6. The first-order valence-corrected chi connectivity index (χ1v) is 11.9. The molecule has 0 spiro atoms. The number of carbonyl (C=O) groups excluding carboxylic acids is 3. The molecule has 6 N–H and O–H groups in total. The smallest absolute Gasteiger partial charge is 0.255 e. The second kappa shape index (κ2) is 8.83. The van der Waals surface area contributed by atoms with Gasteiger partial charge in [0.05, 0.1) is 11.6 Å². The van der Waals surface area contributed by atoms with Crippen LogP contribution in [-0.4, -0.2) is 73.5 Å². The first-order chi connectivity index (χ1) is 18.0. The predicted molar refractivity (Wildman–Crippen MR) is 134 cm³/mol. The number of amides is 1. The van der Waals surface area contributed by atoms with Gasteiger partial charge in [-0.3, -0.25) is 24.3 Å².